The smallest absolute Gasteiger partial charge is 0.251 e. The van der Waals surface area contributed by atoms with E-state index in [2.05, 4.69) is 16.0 Å². The van der Waals surface area contributed by atoms with Gasteiger partial charge in [0, 0.05) is 23.8 Å². The van der Waals surface area contributed by atoms with Gasteiger partial charge in [0.05, 0.1) is 0 Å². The highest BCUT2D eigenvalue weighted by Gasteiger charge is 2.27. The molecule has 2 amide bonds. The van der Waals surface area contributed by atoms with Gasteiger partial charge in [0.15, 0.2) is 0 Å². The Balaban J connectivity index is 1.39. The van der Waals surface area contributed by atoms with Crippen LogP contribution in [0, 0.1) is 0 Å². The second-order valence-electron chi connectivity index (χ2n) is 6.68. The first-order valence-corrected chi connectivity index (χ1v) is 8.74. The zero-order valence-electron chi connectivity index (χ0n) is 13.9. The van der Waals surface area contributed by atoms with E-state index in [-0.39, 0.29) is 17.9 Å². The van der Waals surface area contributed by atoms with Crippen molar-refractivity contribution in [3.05, 3.63) is 65.2 Å². The fourth-order valence-electron chi connectivity index (χ4n) is 3.27. The number of benzene rings is 2. The minimum absolute atomic E-state index is 0.0473. The molecule has 1 heterocycles. The highest BCUT2D eigenvalue weighted by atomic mass is 16.2. The molecule has 0 radical (unpaired) electrons. The van der Waals surface area contributed by atoms with Gasteiger partial charge in [-0.1, -0.05) is 24.3 Å². The quantitative estimate of drug-likeness (QED) is 0.805. The Morgan fingerprint density at radius 1 is 1.00 bits per heavy atom. The van der Waals surface area contributed by atoms with Crippen molar-refractivity contribution in [3.63, 3.8) is 0 Å². The summed E-state index contributed by atoms with van der Waals surface area (Å²) in [5, 5.41) is 9.16. The van der Waals surface area contributed by atoms with Gasteiger partial charge in [0.1, 0.15) is 6.04 Å². The van der Waals surface area contributed by atoms with Gasteiger partial charge >= 0.3 is 0 Å². The number of hydrogen-bond acceptors (Lipinski definition) is 3. The van der Waals surface area contributed by atoms with Crippen molar-refractivity contribution in [2.45, 2.75) is 37.9 Å². The molecule has 4 rings (SSSR count). The van der Waals surface area contributed by atoms with Crippen LogP contribution >= 0.6 is 0 Å². The minimum atomic E-state index is -0.335. The van der Waals surface area contributed by atoms with Crippen LogP contribution in [-0.4, -0.2) is 17.9 Å². The van der Waals surface area contributed by atoms with Gasteiger partial charge in [-0.25, -0.2) is 0 Å². The van der Waals surface area contributed by atoms with E-state index in [0.29, 0.717) is 23.8 Å². The number of nitrogens with one attached hydrogen (secondary N) is 3. The first kappa shape index (κ1) is 15.8. The predicted molar refractivity (Wildman–Crippen MR) is 96.2 cm³/mol. The second-order valence-corrected chi connectivity index (χ2v) is 6.68. The lowest BCUT2D eigenvalue weighted by molar-refractivity contribution is -0.118. The molecule has 0 saturated heterocycles. The molecule has 5 heteroatoms. The third-order valence-corrected chi connectivity index (χ3v) is 4.98. The lowest BCUT2D eigenvalue weighted by atomic mass is 9.93. The van der Waals surface area contributed by atoms with E-state index in [9.17, 15) is 9.59 Å². The molecule has 128 valence electrons. The molecule has 1 aliphatic carbocycles. The Morgan fingerprint density at radius 3 is 2.48 bits per heavy atom. The summed E-state index contributed by atoms with van der Waals surface area (Å²) in [7, 11) is 0. The van der Waals surface area contributed by atoms with Gasteiger partial charge < -0.3 is 10.6 Å². The predicted octanol–water partition coefficient (Wildman–Crippen LogP) is 2.75. The Kier molecular flexibility index (Phi) is 4.24. The summed E-state index contributed by atoms with van der Waals surface area (Å²) in [4.78, 5) is 24.7. The van der Waals surface area contributed by atoms with Crippen LogP contribution in [0.5, 0.6) is 0 Å². The van der Waals surface area contributed by atoms with E-state index >= 15 is 0 Å². The van der Waals surface area contributed by atoms with Crippen LogP contribution in [0.15, 0.2) is 48.5 Å². The maximum Gasteiger partial charge on any atom is 0.251 e. The first-order valence-electron chi connectivity index (χ1n) is 8.74. The summed E-state index contributed by atoms with van der Waals surface area (Å²) in [5.74, 6) is -0.134. The first-order chi connectivity index (χ1) is 12.2. The van der Waals surface area contributed by atoms with Crippen LogP contribution in [0.4, 0.5) is 5.69 Å². The summed E-state index contributed by atoms with van der Waals surface area (Å²) < 4.78 is 0. The number of carbonyl (C=O) groups excluding carboxylic acids is 2. The monoisotopic (exact) mass is 335 g/mol. The van der Waals surface area contributed by atoms with E-state index in [0.717, 1.165) is 24.0 Å². The van der Waals surface area contributed by atoms with Crippen molar-refractivity contribution in [3.8, 4) is 0 Å². The summed E-state index contributed by atoms with van der Waals surface area (Å²) in [6.07, 6.45) is 3.32. The van der Waals surface area contributed by atoms with Gasteiger partial charge in [-0.2, -0.15) is 0 Å². The summed E-state index contributed by atoms with van der Waals surface area (Å²) in [6.45, 7) is 0.703. The third-order valence-electron chi connectivity index (χ3n) is 4.98. The lowest BCUT2D eigenvalue weighted by Crippen LogP contribution is -2.39. The Labute approximate surface area is 146 Å². The fourth-order valence-corrected chi connectivity index (χ4v) is 3.27. The van der Waals surface area contributed by atoms with Crippen LogP contribution in [0.2, 0.25) is 0 Å². The zero-order valence-corrected chi connectivity index (χ0v) is 13.9. The molecule has 1 aliphatic heterocycles. The summed E-state index contributed by atoms with van der Waals surface area (Å²) in [5.41, 5.74) is 3.49. The van der Waals surface area contributed by atoms with Gasteiger partial charge in [-0.3, -0.25) is 14.9 Å². The van der Waals surface area contributed by atoms with Gasteiger partial charge in [0.25, 0.3) is 5.91 Å². The molecule has 1 saturated carbocycles. The molecule has 5 nitrogen and oxygen atoms in total. The maximum atomic E-state index is 12.5. The van der Waals surface area contributed by atoms with Gasteiger partial charge in [-0.05, 0) is 54.7 Å². The number of hydrogen-bond donors (Lipinski definition) is 3. The molecule has 2 aromatic carbocycles. The molecule has 3 N–H and O–H groups in total. The normalized spacial score (nSPS) is 19.0. The van der Waals surface area contributed by atoms with Crippen LogP contribution in [-0.2, 0) is 11.3 Å². The largest absolute Gasteiger partial charge is 0.349 e. The van der Waals surface area contributed by atoms with Crippen LogP contribution in [0.3, 0.4) is 0 Å². The molecule has 0 bridgehead atoms. The molecular weight excluding hydrogens is 314 g/mol. The number of rotatable bonds is 4. The number of carbonyl (C=O) groups is 2. The van der Waals surface area contributed by atoms with Crippen molar-refractivity contribution in [2.24, 2.45) is 0 Å². The second kappa shape index (κ2) is 6.69. The number of fused-ring (bicyclic) bond motifs is 1. The summed E-state index contributed by atoms with van der Waals surface area (Å²) in [6, 6.07) is 15.0. The zero-order chi connectivity index (χ0) is 17.2. The lowest BCUT2D eigenvalue weighted by Gasteiger charge is -2.26. The molecule has 2 aromatic rings. The number of amides is 2. The standard InChI is InChI=1S/C20H21N3O2/c24-19(22-15-5-3-6-15)13-8-10-16(11-9-13)23-20(25)18-17-7-2-1-4-14(17)12-21-18/h1-2,4,7-11,15,18,21H,3,5-6,12H2,(H,22,24)(H,23,25). The van der Waals surface area contributed by atoms with Crippen molar-refractivity contribution in [1.82, 2.24) is 10.6 Å². The SMILES string of the molecule is O=C(NC1CCC1)c1ccc(NC(=O)C2NCc3ccccc32)cc1. The van der Waals surface area contributed by atoms with E-state index < -0.39 is 0 Å². The molecule has 25 heavy (non-hydrogen) atoms. The third kappa shape index (κ3) is 3.28. The number of anilines is 1. The van der Waals surface area contributed by atoms with Crippen molar-refractivity contribution >= 4 is 17.5 Å². The molecule has 1 unspecified atom stereocenters. The molecule has 1 atom stereocenters. The van der Waals surface area contributed by atoms with E-state index in [4.69, 9.17) is 0 Å². The van der Waals surface area contributed by atoms with Gasteiger partial charge in [0.2, 0.25) is 5.91 Å². The van der Waals surface area contributed by atoms with Crippen molar-refractivity contribution in [1.29, 1.82) is 0 Å². The molecule has 2 aliphatic rings. The van der Waals surface area contributed by atoms with E-state index in [1.807, 2.05) is 24.3 Å². The molecule has 0 aromatic heterocycles. The van der Waals surface area contributed by atoms with Crippen molar-refractivity contribution in [2.75, 3.05) is 5.32 Å². The van der Waals surface area contributed by atoms with Crippen LogP contribution in [0.25, 0.3) is 0 Å². The van der Waals surface area contributed by atoms with E-state index in [1.54, 1.807) is 24.3 Å². The van der Waals surface area contributed by atoms with Crippen LogP contribution < -0.4 is 16.0 Å². The maximum absolute atomic E-state index is 12.5. The van der Waals surface area contributed by atoms with E-state index in [1.165, 1.54) is 6.42 Å². The molecular formula is C20H21N3O2. The summed E-state index contributed by atoms with van der Waals surface area (Å²) >= 11 is 0. The average molecular weight is 335 g/mol. The highest BCUT2D eigenvalue weighted by molar-refractivity contribution is 5.98. The topological polar surface area (TPSA) is 70.2 Å². The average Bonchev–Trinajstić information content (AvgIpc) is 3.03. The molecule has 0 spiro atoms. The molecule has 1 fully saturated rings. The van der Waals surface area contributed by atoms with Crippen LogP contribution in [0.1, 0.15) is 46.8 Å². The highest BCUT2D eigenvalue weighted by Crippen LogP contribution is 2.26. The Morgan fingerprint density at radius 2 is 1.76 bits per heavy atom. The Hall–Kier alpha value is -2.66. The minimum Gasteiger partial charge on any atom is -0.349 e. The van der Waals surface area contributed by atoms with Crippen molar-refractivity contribution < 1.29 is 9.59 Å². The van der Waals surface area contributed by atoms with Gasteiger partial charge in [-0.15, -0.1) is 0 Å². The fraction of sp³-hybridized carbons (Fsp3) is 0.300. The Bertz CT molecular complexity index is 797.